The molecular weight excluding hydrogens is 472 g/mol. The molecule has 0 aromatic heterocycles. The summed E-state index contributed by atoms with van der Waals surface area (Å²) in [4.78, 5) is 44.2. The summed E-state index contributed by atoms with van der Waals surface area (Å²) in [6.45, 7) is 9.29. The fourth-order valence-corrected chi connectivity index (χ4v) is 6.54. The Hall–Kier alpha value is -2.42. The maximum atomic E-state index is 14.4. The van der Waals surface area contributed by atoms with E-state index in [1.165, 1.54) is 9.80 Å². The Balaban J connectivity index is 1.84. The molecule has 3 heterocycles. The summed E-state index contributed by atoms with van der Waals surface area (Å²) < 4.78 is 11.7. The van der Waals surface area contributed by atoms with E-state index in [-0.39, 0.29) is 31.6 Å². The summed E-state index contributed by atoms with van der Waals surface area (Å²) in [7, 11) is 0. The van der Waals surface area contributed by atoms with Gasteiger partial charge in [0.05, 0.1) is 47.9 Å². The second-order valence-electron chi connectivity index (χ2n) is 9.44. The lowest BCUT2D eigenvalue weighted by atomic mass is 9.70. The Bertz CT molecular complexity index is 1010. The molecule has 8 nitrogen and oxygen atoms in total. The topological polar surface area (TPSA) is 96.4 Å². The molecule has 9 heteroatoms. The van der Waals surface area contributed by atoms with E-state index in [9.17, 15) is 19.5 Å². The van der Waals surface area contributed by atoms with E-state index in [1.54, 1.807) is 19.1 Å². The molecule has 3 aliphatic rings. The molecule has 1 spiro atoms. The molecule has 6 atom stereocenters. The quantitative estimate of drug-likeness (QED) is 0.410. The van der Waals surface area contributed by atoms with Gasteiger partial charge < -0.3 is 24.4 Å². The number of aliphatic hydroxyl groups is 1. The van der Waals surface area contributed by atoms with Gasteiger partial charge >= 0.3 is 5.97 Å². The standard InChI is InChI=1S/C26H33ClN2O6/c1-5-13-28(21-15(4)9-8-10-17(21)27)24(32)22-26-12-11-18(35-26)19(25(33)34-7-3)20(26)23(31)29(22)16(6-2)14-30/h5,8-10,16,18-20,22,30H,1,6-7,11-14H2,2-4H3/t16-,18+,19-,20-,22?,26?/m0/s1. The predicted octanol–water partition coefficient (Wildman–Crippen LogP) is 2.88. The van der Waals surface area contributed by atoms with Crippen molar-refractivity contribution in [1.29, 1.82) is 0 Å². The van der Waals surface area contributed by atoms with Crippen molar-refractivity contribution in [2.45, 2.75) is 63.8 Å². The molecule has 35 heavy (non-hydrogen) atoms. The number of fused-ring (bicyclic) bond motifs is 1. The molecule has 1 N–H and O–H groups in total. The molecular formula is C26H33ClN2O6. The highest BCUT2D eigenvalue weighted by molar-refractivity contribution is 6.34. The zero-order valence-electron chi connectivity index (χ0n) is 20.4. The van der Waals surface area contributed by atoms with E-state index in [1.807, 2.05) is 26.0 Å². The summed E-state index contributed by atoms with van der Waals surface area (Å²) in [6.07, 6.45) is 2.57. The summed E-state index contributed by atoms with van der Waals surface area (Å²) in [5.41, 5.74) is 0.165. The Kier molecular flexibility index (Phi) is 7.27. The first-order chi connectivity index (χ1) is 16.8. The van der Waals surface area contributed by atoms with E-state index in [0.717, 1.165) is 5.56 Å². The number of anilines is 1. The minimum Gasteiger partial charge on any atom is -0.466 e. The van der Waals surface area contributed by atoms with Crippen molar-refractivity contribution in [2.24, 2.45) is 11.8 Å². The monoisotopic (exact) mass is 504 g/mol. The Labute approximate surface area is 210 Å². The van der Waals surface area contributed by atoms with Crippen LogP contribution >= 0.6 is 11.6 Å². The van der Waals surface area contributed by atoms with E-state index >= 15 is 0 Å². The molecule has 0 aliphatic carbocycles. The average molecular weight is 505 g/mol. The number of nitrogens with zero attached hydrogens (tertiary/aromatic N) is 2. The molecule has 4 rings (SSSR count). The number of rotatable bonds is 9. The number of benzene rings is 1. The lowest BCUT2D eigenvalue weighted by molar-refractivity contribution is -0.155. The van der Waals surface area contributed by atoms with Gasteiger partial charge in [-0.1, -0.05) is 36.7 Å². The van der Waals surface area contributed by atoms with E-state index in [2.05, 4.69) is 6.58 Å². The van der Waals surface area contributed by atoms with Crippen LogP contribution in [-0.2, 0) is 23.9 Å². The third-order valence-electron chi connectivity index (χ3n) is 7.64. The lowest BCUT2D eigenvalue weighted by Gasteiger charge is -2.39. The van der Waals surface area contributed by atoms with E-state index in [0.29, 0.717) is 30.0 Å². The summed E-state index contributed by atoms with van der Waals surface area (Å²) >= 11 is 6.54. The molecule has 0 radical (unpaired) electrons. The van der Waals surface area contributed by atoms with Crippen LogP contribution in [0.2, 0.25) is 5.02 Å². The number of aryl methyl sites for hydroxylation is 1. The van der Waals surface area contributed by atoms with Gasteiger partial charge in [0.25, 0.3) is 5.91 Å². The Morgan fingerprint density at radius 3 is 2.77 bits per heavy atom. The van der Waals surface area contributed by atoms with Gasteiger partial charge in [-0.25, -0.2) is 0 Å². The Morgan fingerprint density at radius 1 is 1.43 bits per heavy atom. The van der Waals surface area contributed by atoms with Crippen molar-refractivity contribution in [1.82, 2.24) is 4.90 Å². The molecule has 1 aromatic carbocycles. The number of ether oxygens (including phenoxy) is 2. The number of aliphatic hydroxyl groups excluding tert-OH is 1. The van der Waals surface area contributed by atoms with Crippen LogP contribution in [0.3, 0.4) is 0 Å². The third-order valence-corrected chi connectivity index (χ3v) is 7.95. The first-order valence-electron chi connectivity index (χ1n) is 12.2. The van der Waals surface area contributed by atoms with Crippen LogP contribution in [0.4, 0.5) is 5.69 Å². The van der Waals surface area contributed by atoms with Crippen molar-refractivity contribution in [3.05, 3.63) is 41.4 Å². The number of hydrogen-bond donors (Lipinski definition) is 1. The number of likely N-dealkylation sites (tertiary alicyclic amines) is 1. The highest BCUT2D eigenvalue weighted by Gasteiger charge is 2.75. The fraction of sp³-hybridized carbons (Fsp3) is 0.577. The minimum atomic E-state index is -1.17. The average Bonchev–Trinajstić information content (AvgIpc) is 3.47. The summed E-state index contributed by atoms with van der Waals surface area (Å²) in [6, 6.07) is 3.77. The van der Waals surface area contributed by atoms with Gasteiger partial charge in [0, 0.05) is 6.54 Å². The number of carbonyl (C=O) groups is 3. The number of hydrogen-bond acceptors (Lipinski definition) is 6. The fourth-order valence-electron chi connectivity index (χ4n) is 6.22. The van der Waals surface area contributed by atoms with Crippen molar-refractivity contribution in [3.8, 4) is 0 Å². The number of amides is 2. The number of esters is 1. The molecule has 2 bridgehead atoms. The largest absolute Gasteiger partial charge is 0.466 e. The summed E-state index contributed by atoms with van der Waals surface area (Å²) in [5.74, 6) is -2.81. The molecule has 3 saturated heterocycles. The van der Waals surface area contributed by atoms with Crippen LogP contribution < -0.4 is 4.90 Å². The first-order valence-corrected chi connectivity index (χ1v) is 12.6. The Morgan fingerprint density at radius 2 is 2.17 bits per heavy atom. The van der Waals surface area contributed by atoms with Gasteiger partial charge in [-0.2, -0.15) is 0 Å². The van der Waals surface area contributed by atoms with Crippen LogP contribution in [0.1, 0.15) is 38.7 Å². The number of para-hydroxylation sites is 1. The van der Waals surface area contributed by atoms with Gasteiger partial charge in [0.15, 0.2) is 0 Å². The molecule has 1 aromatic rings. The van der Waals surface area contributed by atoms with Crippen LogP contribution in [0.25, 0.3) is 0 Å². The first kappa shape index (κ1) is 25.7. The SMILES string of the molecule is C=CCN(C(=O)C1N([C@@H](CC)CO)C(=O)[C@@H]2[C@@H](C(=O)OCC)[C@H]3CCC12O3)c1c(C)cccc1Cl. The molecule has 190 valence electrons. The van der Waals surface area contributed by atoms with Crippen molar-refractivity contribution in [3.63, 3.8) is 0 Å². The third kappa shape index (κ3) is 3.86. The second kappa shape index (κ2) is 9.91. The van der Waals surface area contributed by atoms with E-state index in [4.69, 9.17) is 21.1 Å². The van der Waals surface area contributed by atoms with E-state index < -0.39 is 41.6 Å². The zero-order chi connectivity index (χ0) is 25.5. The molecule has 0 saturated carbocycles. The highest BCUT2D eigenvalue weighted by atomic mass is 35.5. The molecule has 3 fully saturated rings. The van der Waals surface area contributed by atoms with Crippen LogP contribution in [-0.4, -0.2) is 71.3 Å². The minimum absolute atomic E-state index is 0.170. The van der Waals surface area contributed by atoms with Crippen molar-refractivity contribution < 1.29 is 29.0 Å². The lowest BCUT2D eigenvalue weighted by Crippen LogP contribution is -2.59. The van der Waals surface area contributed by atoms with Crippen molar-refractivity contribution in [2.75, 3.05) is 24.7 Å². The van der Waals surface area contributed by atoms with Crippen LogP contribution in [0.5, 0.6) is 0 Å². The zero-order valence-corrected chi connectivity index (χ0v) is 21.2. The predicted molar refractivity (Wildman–Crippen MR) is 131 cm³/mol. The van der Waals surface area contributed by atoms with Crippen LogP contribution in [0.15, 0.2) is 30.9 Å². The van der Waals surface area contributed by atoms with Gasteiger partial charge in [-0.3, -0.25) is 14.4 Å². The molecule has 2 amide bonds. The normalized spacial score (nSPS) is 29.7. The van der Waals surface area contributed by atoms with Gasteiger partial charge in [0.1, 0.15) is 11.6 Å². The molecule has 3 aliphatic heterocycles. The number of halogens is 1. The van der Waals surface area contributed by atoms with Gasteiger partial charge in [0.2, 0.25) is 5.91 Å². The smallest absolute Gasteiger partial charge is 0.312 e. The van der Waals surface area contributed by atoms with Gasteiger partial charge in [-0.15, -0.1) is 6.58 Å². The van der Waals surface area contributed by atoms with Crippen LogP contribution in [0, 0.1) is 18.8 Å². The number of carbonyl (C=O) groups excluding carboxylic acids is 3. The summed E-state index contributed by atoms with van der Waals surface area (Å²) in [5, 5.41) is 10.6. The second-order valence-corrected chi connectivity index (χ2v) is 9.85. The maximum Gasteiger partial charge on any atom is 0.312 e. The van der Waals surface area contributed by atoms with Crippen molar-refractivity contribution >= 4 is 35.1 Å². The maximum absolute atomic E-state index is 14.4. The molecule has 2 unspecified atom stereocenters. The van der Waals surface area contributed by atoms with Gasteiger partial charge in [-0.05, 0) is 44.7 Å². The highest BCUT2D eigenvalue weighted by Crippen LogP contribution is 2.59.